The molecule has 0 bridgehead atoms. The number of hydrogen-bond acceptors (Lipinski definition) is 5. The van der Waals surface area contributed by atoms with Crippen molar-refractivity contribution in [1.29, 1.82) is 0 Å². The minimum Gasteiger partial charge on any atom is -0.330 e. The lowest BCUT2D eigenvalue weighted by atomic mass is 10.1. The van der Waals surface area contributed by atoms with Crippen LogP contribution in [0, 0.1) is 16.0 Å². The van der Waals surface area contributed by atoms with Crippen molar-refractivity contribution in [3.63, 3.8) is 0 Å². The maximum atomic E-state index is 12.4. The highest BCUT2D eigenvalue weighted by atomic mass is 35.5. The van der Waals surface area contributed by atoms with Crippen LogP contribution in [0.1, 0.15) is 6.42 Å². The Morgan fingerprint density at radius 3 is 2.70 bits per heavy atom. The van der Waals surface area contributed by atoms with E-state index in [9.17, 15) is 18.5 Å². The molecule has 2 rings (SSSR count). The Labute approximate surface area is 121 Å². The van der Waals surface area contributed by atoms with Crippen LogP contribution in [0.25, 0.3) is 0 Å². The van der Waals surface area contributed by atoms with Crippen LogP contribution in [0.4, 0.5) is 5.69 Å². The third kappa shape index (κ3) is 2.78. The van der Waals surface area contributed by atoms with Crippen LogP contribution in [0.5, 0.6) is 0 Å². The van der Waals surface area contributed by atoms with Crippen LogP contribution >= 0.6 is 11.6 Å². The fourth-order valence-electron chi connectivity index (χ4n) is 2.16. The predicted octanol–water partition coefficient (Wildman–Crippen LogP) is 1.22. The molecule has 0 radical (unpaired) electrons. The first-order valence-corrected chi connectivity index (χ1v) is 7.82. The van der Waals surface area contributed by atoms with Crippen LogP contribution in [0.2, 0.25) is 5.02 Å². The van der Waals surface area contributed by atoms with Crippen LogP contribution < -0.4 is 5.73 Å². The highest BCUT2D eigenvalue weighted by Gasteiger charge is 2.33. The number of nitro benzene ring substituents is 1. The molecular formula is C11H14ClN3O4S. The van der Waals surface area contributed by atoms with Crippen LogP contribution in [0.3, 0.4) is 0 Å². The average Bonchev–Trinajstić information content (AvgIpc) is 2.87. The van der Waals surface area contributed by atoms with Gasteiger partial charge in [0.2, 0.25) is 10.0 Å². The van der Waals surface area contributed by atoms with Crippen molar-refractivity contribution in [2.24, 2.45) is 11.7 Å². The van der Waals surface area contributed by atoms with Crippen LogP contribution in [-0.2, 0) is 10.0 Å². The summed E-state index contributed by atoms with van der Waals surface area (Å²) in [4.78, 5) is 9.89. The molecule has 1 saturated heterocycles. The van der Waals surface area contributed by atoms with E-state index in [4.69, 9.17) is 17.3 Å². The van der Waals surface area contributed by atoms with E-state index in [0.29, 0.717) is 26.1 Å². The fraction of sp³-hybridized carbons (Fsp3) is 0.455. The quantitative estimate of drug-likeness (QED) is 0.663. The van der Waals surface area contributed by atoms with E-state index in [2.05, 4.69) is 0 Å². The standard InChI is InChI=1S/C11H14ClN3O4S/c12-10-5-9(15(16)17)1-2-11(10)20(18,19)14-4-3-8(6-13)7-14/h1-2,5,8H,3-4,6-7,13H2. The van der Waals surface area contributed by atoms with Gasteiger partial charge in [-0.05, 0) is 24.9 Å². The number of nitrogens with zero attached hydrogens (tertiary/aromatic N) is 2. The highest BCUT2D eigenvalue weighted by molar-refractivity contribution is 7.89. The molecule has 1 unspecified atom stereocenters. The van der Waals surface area contributed by atoms with E-state index in [0.717, 1.165) is 12.1 Å². The first-order chi connectivity index (χ1) is 9.36. The zero-order valence-electron chi connectivity index (χ0n) is 10.5. The third-order valence-electron chi connectivity index (χ3n) is 3.33. The Bertz CT molecular complexity index is 635. The molecule has 0 aliphatic carbocycles. The number of non-ortho nitro benzene ring substituents is 1. The van der Waals surface area contributed by atoms with E-state index in [1.54, 1.807) is 0 Å². The van der Waals surface area contributed by atoms with Gasteiger partial charge in [-0.2, -0.15) is 4.31 Å². The van der Waals surface area contributed by atoms with Gasteiger partial charge >= 0.3 is 0 Å². The van der Waals surface area contributed by atoms with Gasteiger partial charge in [-0.15, -0.1) is 0 Å². The largest absolute Gasteiger partial charge is 0.330 e. The molecule has 2 N–H and O–H groups in total. The summed E-state index contributed by atoms with van der Waals surface area (Å²) in [5, 5.41) is 10.5. The fourth-order valence-corrected chi connectivity index (χ4v) is 4.20. The summed E-state index contributed by atoms with van der Waals surface area (Å²) < 4.78 is 26.2. The second-order valence-corrected chi connectivity index (χ2v) is 6.94. The maximum Gasteiger partial charge on any atom is 0.271 e. The molecular weight excluding hydrogens is 306 g/mol. The monoisotopic (exact) mass is 319 g/mol. The Morgan fingerprint density at radius 1 is 1.50 bits per heavy atom. The number of nitro groups is 1. The zero-order chi connectivity index (χ0) is 14.9. The second kappa shape index (κ2) is 5.65. The third-order valence-corrected chi connectivity index (χ3v) is 5.67. The van der Waals surface area contributed by atoms with E-state index in [1.165, 1.54) is 10.4 Å². The smallest absolute Gasteiger partial charge is 0.271 e. The van der Waals surface area contributed by atoms with Gasteiger partial charge in [-0.1, -0.05) is 11.6 Å². The van der Waals surface area contributed by atoms with Crippen molar-refractivity contribution in [1.82, 2.24) is 4.31 Å². The van der Waals surface area contributed by atoms with Gasteiger partial charge < -0.3 is 5.73 Å². The summed E-state index contributed by atoms with van der Waals surface area (Å²) >= 11 is 5.87. The maximum absolute atomic E-state index is 12.4. The first kappa shape index (κ1) is 15.2. The van der Waals surface area contributed by atoms with Gasteiger partial charge in [0, 0.05) is 25.2 Å². The Hall–Kier alpha value is -1.22. The number of halogens is 1. The van der Waals surface area contributed by atoms with E-state index in [-0.39, 0.29) is 21.5 Å². The summed E-state index contributed by atoms with van der Waals surface area (Å²) in [5.41, 5.74) is 5.30. The molecule has 20 heavy (non-hydrogen) atoms. The van der Waals surface area contributed by atoms with Crippen molar-refractivity contribution < 1.29 is 13.3 Å². The number of benzene rings is 1. The summed E-state index contributed by atoms with van der Waals surface area (Å²) in [5.74, 6) is 0.140. The number of nitrogens with two attached hydrogens (primary N) is 1. The number of hydrogen-bond donors (Lipinski definition) is 1. The molecule has 1 fully saturated rings. The normalized spacial score (nSPS) is 20.2. The molecule has 1 aliphatic heterocycles. The first-order valence-electron chi connectivity index (χ1n) is 6.00. The molecule has 7 nitrogen and oxygen atoms in total. The average molecular weight is 320 g/mol. The minimum absolute atomic E-state index is 0.109. The number of sulfonamides is 1. The van der Waals surface area contributed by atoms with Crippen molar-refractivity contribution in [2.45, 2.75) is 11.3 Å². The lowest BCUT2D eigenvalue weighted by Gasteiger charge is -2.17. The Morgan fingerprint density at radius 2 is 2.20 bits per heavy atom. The molecule has 0 saturated carbocycles. The Balaban J connectivity index is 2.33. The molecule has 0 aromatic heterocycles. The van der Waals surface area contributed by atoms with Gasteiger partial charge in [0.1, 0.15) is 4.90 Å². The summed E-state index contributed by atoms with van der Waals surface area (Å²) in [6, 6.07) is 3.35. The molecule has 1 aromatic carbocycles. The second-order valence-electron chi connectivity index (χ2n) is 4.63. The van der Waals surface area contributed by atoms with Crippen molar-refractivity contribution in [3.8, 4) is 0 Å². The van der Waals surface area contributed by atoms with E-state index >= 15 is 0 Å². The molecule has 110 valence electrons. The van der Waals surface area contributed by atoms with Gasteiger partial charge in [0.05, 0.1) is 9.95 Å². The molecule has 9 heteroatoms. The summed E-state index contributed by atoms with van der Waals surface area (Å²) in [7, 11) is -3.73. The SMILES string of the molecule is NCC1CCN(S(=O)(=O)c2ccc([N+](=O)[O-])cc2Cl)C1. The van der Waals surface area contributed by atoms with E-state index in [1.807, 2.05) is 0 Å². The molecule has 0 amide bonds. The summed E-state index contributed by atoms with van der Waals surface area (Å²) in [6.45, 7) is 1.17. The molecule has 0 spiro atoms. The molecule has 1 aromatic rings. The van der Waals surface area contributed by atoms with Gasteiger partial charge in [0.15, 0.2) is 0 Å². The minimum atomic E-state index is -3.73. The van der Waals surface area contributed by atoms with Gasteiger partial charge in [-0.25, -0.2) is 8.42 Å². The predicted molar refractivity (Wildman–Crippen MR) is 74.0 cm³/mol. The number of rotatable bonds is 4. The van der Waals surface area contributed by atoms with Crippen molar-refractivity contribution in [2.75, 3.05) is 19.6 Å². The topological polar surface area (TPSA) is 107 Å². The lowest BCUT2D eigenvalue weighted by Crippen LogP contribution is -2.30. The lowest BCUT2D eigenvalue weighted by molar-refractivity contribution is -0.384. The molecule has 1 aliphatic rings. The molecule has 1 atom stereocenters. The molecule has 1 heterocycles. The van der Waals surface area contributed by atoms with Crippen LogP contribution in [-0.4, -0.2) is 37.3 Å². The van der Waals surface area contributed by atoms with Gasteiger partial charge in [0.25, 0.3) is 5.69 Å². The Kier molecular flexibility index (Phi) is 4.28. The van der Waals surface area contributed by atoms with Gasteiger partial charge in [-0.3, -0.25) is 10.1 Å². The van der Waals surface area contributed by atoms with E-state index < -0.39 is 14.9 Å². The van der Waals surface area contributed by atoms with Crippen molar-refractivity contribution in [3.05, 3.63) is 33.3 Å². The van der Waals surface area contributed by atoms with Crippen LogP contribution in [0.15, 0.2) is 23.1 Å². The summed E-state index contributed by atoms with van der Waals surface area (Å²) in [6.07, 6.45) is 0.709. The zero-order valence-corrected chi connectivity index (χ0v) is 12.1. The highest BCUT2D eigenvalue weighted by Crippen LogP contribution is 2.30. The van der Waals surface area contributed by atoms with Crippen molar-refractivity contribution >= 4 is 27.3 Å².